The summed E-state index contributed by atoms with van der Waals surface area (Å²) in [5.41, 5.74) is 6.86. The monoisotopic (exact) mass is 364 g/mol. The average molecular weight is 364 g/mol. The first-order chi connectivity index (χ1) is 12.0. The van der Waals surface area contributed by atoms with Gasteiger partial charge in [0.15, 0.2) is 0 Å². The van der Waals surface area contributed by atoms with Gasteiger partial charge < -0.3 is 21.1 Å². The van der Waals surface area contributed by atoms with Crippen molar-refractivity contribution in [3.63, 3.8) is 0 Å². The largest absolute Gasteiger partial charge is 0.477 e. The molecule has 0 aromatic rings. The van der Waals surface area contributed by atoms with E-state index in [4.69, 9.17) is 5.73 Å². The van der Waals surface area contributed by atoms with E-state index in [1.165, 1.54) is 16.7 Å². The van der Waals surface area contributed by atoms with Gasteiger partial charge in [-0.25, -0.2) is 4.79 Å². The summed E-state index contributed by atoms with van der Waals surface area (Å²) in [4.78, 5) is 39.5. The van der Waals surface area contributed by atoms with Crippen molar-refractivity contribution in [2.45, 2.75) is 30.3 Å². The number of carboxylic acid groups (broad SMARTS) is 1. The minimum absolute atomic E-state index is 0.0234. The van der Waals surface area contributed by atoms with E-state index in [9.17, 15) is 19.5 Å². The van der Waals surface area contributed by atoms with Crippen molar-refractivity contribution in [2.24, 2.45) is 5.73 Å². The van der Waals surface area contributed by atoms with Gasteiger partial charge in [0, 0.05) is 30.5 Å². The van der Waals surface area contributed by atoms with Crippen LogP contribution in [0.5, 0.6) is 0 Å². The molecule has 4 aliphatic rings. The topological polar surface area (TPSA) is 116 Å². The Morgan fingerprint density at radius 3 is 2.88 bits per heavy atom. The highest BCUT2D eigenvalue weighted by Gasteiger charge is 2.51. The van der Waals surface area contributed by atoms with E-state index in [-0.39, 0.29) is 28.9 Å². The number of rotatable bonds is 3. The third-order valence-corrected chi connectivity index (χ3v) is 6.55. The number of carboxylic acids is 1. The standard InChI is InChI=1S/C16H20N4O4S/c17-11-14(22)20-12(16(23)24)9(7-25-15(11)20)5-8-2-4-19(13(8)21)10-1-3-18-6-10/h5,10-11,15,18H,1-4,6-7,17H2,(H,23,24)/t10?,11-,15-/m1/s1. The Labute approximate surface area is 149 Å². The predicted molar refractivity (Wildman–Crippen MR) is 91.4 cm³/mol. The molecule has 3 saturated heterocycles. The first-order valence-electron chi connectivity index (χ1n) is 8.38. The van der Waals surface area contributed by atoms with Crippen LogP contribution in [0.25, 0.3) is 0 Å². The molecule has 134 valence electrons. The molecule has 8 nitrogen and oxygen atoms in total. The summed E-state index contributed by atoms with van der Waals surface area (Å²) in [7, 11) is 0. The Morgan fingerprint density at radius 2 is 2.20 bits per heavy atom. The number of fused-ring (bicyclic) bond motifs is 1. The lowest BCUT2D eigenvalue weighted by Gasteiger charge is -2.47. The summed E-state index contributed by atoms with van der Waals surface area (Å²) in [6.07, 6.45) is 3.22. The van der Waals surface area contributed by atoms with Crippen molar-refractivity contribution in [1.82, 2.24) is 15.1 Å². The second kappa shape index (κ2) is 6.15. The van der Waals surface area contributed by atoms with Crippen LogP contribution >= 0.6 is 11.8 Å². The van der Waals surface area contributed by atoms with E-state index >= 15 is 0 Å². The van der Waals surface area contributed by atoms with Gasteiger partial charge in [0.05, 0.1) is 0 Å². The Balaban J connectivity index is 1.62. The van der Waals surface area contributed by atoms with Crippen LogP contribution in [0, 0.1) is 0 Å². The zero-order valence-electron chi connectivity index (χ0n) is 13.6. The predicted octanol–water partition coefficient (Wildman–Crippen LogP) is -0.912. The van der Waals surface area contributed by atoms with Crippen LogP contribution in [0.3, 0.4) is 0 Å². The molecule has 0 saturated carbocycles. The van der Waals surface area contributed by atoms with E-state index in [0.717, 1.165) is 19.5 Å². The SMILES string of the molecule is N[C@@H]1C(=O)N2C(C(=O)O)=C(C=C3CCN(C4CCNC4)C3=O)CS[C@H]12. The molecule has 4 N–H and O–H groups in total. The fraction of sp³-hybridized carbons (Fsp3) is 0.562. The minimum atomic E-state index is -1.15. The second-order valence-electron chi connectivity index (χ2n) is 6.68. The van der Waals surface area contributed by atoms with Gasteiger partial charge in [-0.05, 0) is 31.0 Å². The molecule has 1 unspecified atom stereocenters. The van der Waals surface area contributed by atoms with Crippen molar-refractivity contribution >= 4 is 29.5 Å². The highest BCUT2D eigenvalue weighted by Crippen LogP contribution is 2.40. The van der Waals surface area contributed by atoms with Gasteiger partial charge >= 0.3 is 5.97 Å². The Hall–Kier alpha value is -1.84. The van der Waals surface area contributed by atoms with Crippen LogP contribution in [0.4, 0.5) is 0 Å². The van der Waals surface area contributed by atoms with Gasteiger partial charge in [0.25, 0.3) is 0 Å². The number of amides is 2. The van der Waals surface area contributed by atoms with Crippen LogP contribution in [0.1, 0.15) is 12.8 Å². The van der Waals surface area contributed by atoms with Gasteiger partial charge in [0.2, 0.25) is 11.8 Å². The minimum Gasteiger partial charge on any atom is -0.477 e. The van der Waals surface area contributed by atoms with E-state index in [1.54, 1.807) is 6.08 Å². The summed E-state index contributed by atoms with van der Waals surface area (Å²) >= 11 is 1.44. The number of likely N-dealkylation sites (tertiary alicyclic amines) is 1. The number of carbonyl (C=O) groups excluding carboxylic acids is 2. The molecule has 3 fully saturated rings. The number of hydrogen-bond donors (Lipinski definition) is 3. The third-order valence-electron chi connectivity index (χ3n) is 5.22. The van der Waals surface area contributed by atoms with Gasteiger partial charge in [-0.1, -0.05) is 0 Å². The van der Waals surface area contributed by atoms with Crippen LogP contribution in [0.15, 0.2) is 22.9 Å². The fourth-order valence-corrected chi connectivity index (χ4v) is 5.14. The molecule has 2 amide bonds. The van der Waals surface area contributed by atoms with Gasteiger partial charge in [-0.15, -0.1) is 11.8 Å². The van der Waals surface area contributed by atoms with E-state index in [0.29, 0.717) is 29.9 Å². The molecule has 25 heavy (non-hydrogen) atoms. The number of β-lactam (4-membered cyclic amide) rings is 1. The van der Waals surface area contributed by atoms with Gasteiger partial charge in [-0.3, -0.25) is 14.5 Å². The molecule has 0 aliphatic carbocycles. The van der Waals surface area contributed by atoms with Crippen LogP contribution in [-0.2, 0) is 14.4 Å². The molecule has 0 aromatic heterocycles. The van der Waals surface area contributed by atoms with Crippen LogP contribution in [-0.4, -0.2) is 75.5 Å². The zero-order valence-corrected chi connectivity index (χ0v) is 14.4. The fourth-order valence-electron chi connectivity index (χ4n) is 3.88. The quantitative estimate of drug-likeness (QED) is 0.438. The van der Waals surface area contributed by atoms with Crippen molar-refractivity contribution in [1.29, 1.82) is 0 Å². The number of aliphatic carboxylic acids is 1. The molecule has 4 heterocycles. The maximum absolute atomic E-state index is 12.7. The third kappa shape index (κ3) is 2.57. The summed E-state index contributed by atoms with van der Waals surface area (Å²) in [5, 5.41) is 12.5. The van der Waals surface area contributed by atoms with E-state index in [2.05, 4.69) is 5.32 Å². The summed E-state index contributed by atoms with van der Waals surface area (Å²) in [6, 6.07) is -0.432. The molecule has 3 atom stereocenters. The highest BCUT2D eigenvalue weighted by molar-refractivity contribution is 8.00. The first kappa shape index (κ1) is 16.6. The molecular formula is C16H20N4O4S. The van der Waals surface area contributed by atoms with Gasteiger partial charge in [-0.2, -0.15) is 0 Å². The lowest BCUT2D eigenvalue weighted by atomic mass is 10.0. The molecule has 4 rings (SSSR count). The Kier molecular flexibility index (Phi) is 4.09. The number of carbonyl (C=O) groups is 3. The number of allylic oxidation sites excluding steroid dienone is 1. The van der Waals surface area contributed by atoms with Crippen molar-refractivity contribution in [3.8, 4) is 0 Å². The maximum Gasteiger partial charge on any atom is 0.352 e. The van der Waals surface area contributed by atoms with Crippen LogP contribution in [0.2, 0.25) is 0 Å². The molecule has 9 heteroatoms. The Morgan fingerprint density at radius 1 is 1.40 bits per heavy atom. The number of thioether (sulfide) groups is 1. The molecule has 0 spiro atoms. The van der Waals surface area contributed by atoms with E-state index in [1.807, 2.05) is 4.90 Å². The summed E-state index contributed by atoms with van der Waals surface area (Å²) < 4.78 is 0. The normalized spacial score (nSPS) is 34.0. The highest BCUT2D eigenvalue weighted by atomic mass is 32.2. The average Bonchev–Trinajstić information content (AvgIpc) is 3.24. The smallest absolute Gasteiger partial charge is 0.352 e. The molecular weight excluding hydrogens is 344 g/mol. The second-order valence-corrected chi connectivity index (χ2v) is 7.78. The first-order valence-corrected chi connectivity index (χ1v) is 9.43. The maximum atomic E-state index is 12.7. The molecule has 0 radical (unpaired) electrons. The summed E-state index contributed by atoms with van der Waals surface area (Å²) in [5.74, 6) is -1.11. The molecule has 0 bridgehead atoms. The lowest BCUT2D eigenvalue weighted by Crippen LogP contribution is -2.68. The number of nitrogens with zero attached hydrogens (tertiary/aromatic N) is 2. The lowest BCUT2D eigenvalue weighted by molar-refractivity contribution is -0.147. The zero-order chi connectivity index (χ0) is 17.7. The molecule has 4 aliphatic heterocycles. The number of hydrogen-bond acceptors (Lipinski definition) is 6. The molecule has 0 aromatic carbocycles. The Bertz CT molecular complexity index is 713. The van der Waals surface area contributed by atoms with Crippen molar-refractivity contribution in [2.75, 3.05) is 25.4 Å². The number of nitrogens with one attached hydrogen (secondary N) is 1. The van der Waals surface area contributed by atoms with Crippen LogP contribution < -0.4 is 11.1 Å². The van der Waals surface area contributed by atoms with E-state index < -0.39 is 12.0 Å². The van der Waals surface area contributed by atoms with Gasteiger partial charge in [0.1, 0.15) is 17.1 Å². The van der Waals surface area contributed by atoms with Crippen molar-refractivity contribution in [3.05, 3.63) is 22.9 Å². The summed E-state index contributed by atoms with van der Waals surface area (Å²) in [6.45, 7) is 2.38. The van der Waals surface area contributed by atoms with Crippen molar-refractivity contribution < 1.29 is 19.5 Å². The number of nitrogens with two attached hydrogens (primary N) is 1.